The number of hydrogen-bond acceptors (Lipinski definition) is 10. The third-order valence-corrected chi connectivity index (χ3v) is 6.87. The largest absolute Gasteiger partial charge is 0.490 e. The fourth-order valence-corrected chi connectivity index (χ4v) is 5.56. The molecule has 3 heterocycles. The Morgan fingerprint density at radius 2 is 2.10 bits per heavy atom. The number of anilines is 2. The van der Waals surface area contributed by atoms with Crippen LogP contribution in [0.3, 0.4) is 0 Å². The summed E-state index contributed by atoms with van der Waals surface area (Å²) in [6.45, 7) is 0.776. The van der Waals surface area contributed by atoms with Crippen LogP contribution in [0.4, 0.5) is 11.5 Å². The van der Waals surface area contributed by atoms with Gasteiger partial charge in [0, 0.05) is 20.8 Å². The first kappa shape index (κ1) is 21.3. The maximum atomic E-state index is 9.74. The van der Waals surface area contributed by atoms with E-state index in [1.165, 1.54) is 11.8 Å². The molecule has 2 unspecified atom stereocenters. The molecule has 1 aromatic carbocycles. The summed E-state index contributed by atoms with van der Waals surface area (Å²) in [5.74, 6) is 2.29. The summed E-state index contributed by atoms with van der Waals surface area (Å²) >= 11 is 7.10. The van der Waals surface area contributed by atoms with Crippen LogP contribution in [0.25, 0.3) is 0 Å². The Hall–Kier alpha value is -1.89. The van der Waals surface area contributed by atoms with E-state index in [4.69, 9.17) is 36.9 Å². The molecule has 2 aliphatic heterocycles. The van der Waals surface area contributed by atoms with E-state index in [-0.39, 0.29) is 29.4 Å². The number of nitrogens with one attached hydrogen (secondary N) is 1. The SMILES string of the molecule is COC1C(OC)[C@@H](CO)S[C@H]1n1cc2c(nc1=S)Nc1c(OCCN)cccc1O2. The number of fused-ring (bicyclic) bond motifs is 2. The molecule has 0 spiro atoms. The zero-order valence-electron chi connectivity index (χ0n) is 16.6. The van der Waals surface area contributed by atoms with Crippen molar-refractivity contribution in [2.24, 2.45) is 5.73 Å². The molecule has 4 rings (SSSR count). The van der Waals surface area contributed by atoms with Gasteiger partial charge in [-0.15, -0.1) is 11.8 Å². The first-order chi connectivity index (χ1) is 14.6. The van der Waals surface area contributed by atoms with Crippen molar-refractivity contribution in [2.75, 3.05) is 39.3 Å². The third kappa shape index (κ3) is 3.77. The monoisotopic (exact) mass is 452 g/mol. The van der Waals surface area contributed by atoms with Crippen LogP contribution in [0.5, 0.6) is 17.2 Å². The number of aliphatic hydroxyl groups excluding tert-OH is 1. The number of methoxy groups -OCH3 is 2. The first-order valence-electron chi connectivity index (χ1n) is 9.47. The minimum Gasteiger partial charge on any atom is -0.490 e. The number of nitrogens with two attached hydrogens (primary N) is 1. The highest BCUT2D eigenvalue weighted by Crippen LogP contribution is 2.48. The lowest BCUT2D eigenvalue weighted by molar-refractivity contribution is -0.0411. The van der Waals surface area contributed by atoms with Crippen LogP contribution < -0.4 is 20.5 Å². The minimum atomic E-state index is -0.302. The van der Waals surface area contributed by atoms with Gasteiger partial charge in [0.2, 0.25) is 4.77 Å². The lowest BCUT2D eigenvalue weighted by atomic mass is 10.1. The van der Waals surface area contributed by atoms with Gasteiger partial charge in [0.05, 0.1) is 18.1 Å². The molecule has 4 N–H and O–H groups in total. The van der Waals surface area contributed by atoms with E-state index in [0.717, 1.165) is 0 Å². The van der Waals surface area contributed by atoms with Crippen molar-refractivity contribution < 1.29 is 24.1 Å². The lowest BCUT2D eigenvalue weighted by Gasteiger charge is -2.27. The Labute approximate surface area is 183 Å². The highest BCUT2D eigenvalue weighted by molar-refractivity contribution is 8.00. The van der Waals surface area contributed by atoms with E-state index in [9.17, 15) is 5.11 Å². The summed E-state index contributed by atoms with van der Waals surface area (Å²) in [5.41, 5.74) is 6.23. The fraction of sp³-hybridized carbons (Fsp3) is 0.474. The van der Waals surface area contributed by atoms with Crippen molar-refractivity contribution in [3.05, 3.63) is 29.2 Å². The highest BCUT2D eigenvalue weighted by atomic mass is 32.2. The van der Waals surface area contributed by atoms with E-state index >= 15 is 0 Å². The standard InChI is InChI=1S/C19H24N4O5S2/c1-25-15-13(9-24)30-18(16(15)26-2)23-8-12-17(22-19(23)29)21-14-10(27-7-6-20)4-3-5-11(14)28-12/h3-5,8,13,15-16,18,24H,6-7,9,20H2,1-2H3,(H,21,22,29)/t13-,15?,16?,18-/m1/s1. The average molecular weight is 453 g/mol. The predicted octanol–water partition coefficient (Wildman–Crippen LogP) is 2.44. The summed E-state index contributed by atoms with van der Waals surface area (Å²) in [6.07, 6.45) is 1.24. The number of aliphatic hydroxyl groups is 1. The van der Waals surface area contributed by atoms with Crippen LogP contribution in [0, 0.1) is 4.77 Å². The number of benzene rings is 1. The zero-order valence-corrected chi connectivity index (χ0v) is 18.2. The molecule has 11 heteroatoms. The summed E-state index contributed by atoms with van der Waals surface area (Å²) in [4.78, 5) is 4.54. The van der Waals surface area contributed by atoms with Crippen molar-refractivity contribution >= 4 is 35.5 Å². The number of aromatic nitrogens is 2. The van der Waals surface area contributed by atoms with Gasteiger partial charge in [-0.25, -0.2) is 0 Å². The van der Waals surface area contributed by atoms with Gasteiger partial charge >= 0.3 is 0 Å². The molecule has 9 nitrogen and oxygen atoms in total. The number of hydrogen-bond donors (Lipinski definition) is 3. The molecule has 1 saturated heterocycles. The average Bonchev–Trinajstić information content (AvgIpc) is 3.13. The molecule has 162 valence electrons. The van der Waals surface area contributed by atoms with Crippen LogP contribution in [-0.2, 0) is 9.47 Å². The number of thioether (sulfide) groups is 1. The molecule has 0 radical (unpaired) electrons. The zero-order chi connectivity index (χ0) is 21.3. The van der Waals surface area contributed by atoms with E-state index in [1.807, 2.05) is 29.0 Å². The molecule has 1 fully saturated rings. The Morgan fingerprint density at radius 1 is 1.30 bits per heavy atom. The number of rotatable bonds is 7. The van der Waals surface area contributed by atoms with Gasteiger partial charge in [0.25, 0.3) is 0 Å². The predicted molar refractivity (Wildman–Crippen MR) is 117 cm³/mol. The summed E-state index contributed by atoms with van der Waals surface area (Å²) < 4.78 is 25.2. The summed E-state index contributed by atoms with van der Waals surface area (Å²) in [7, 11) is 3.23. The Balaban J connectivity index is 1.67. The molecule has 0 amide bonds. The first-order valence-corrected chi connectivity index (χ1v) is 10.8. The second-order valence-electron chi connectivity index (χ2n) is 6.79. The maximum absolute atomic E-state index is 9.74. The topological polar surface area (TPSA) is 113 Å². The van der Waals surface area contributed by atoms with Crippen molar-refractivity contribution in [1.82, 2.24) is 9.55 Å². The van der Waals surface area contributed by atoms with Crippen molar-refractivity contribution in [1.29, 1.82) is 0 Å². The number of nitrogens with zero attached hydrogens (tertiary/aromatic N) is 2. The second kappa shape index (κ2) is 9.08. The highest BCUT2D eigenvalue weighted by Gasteiger charge is 2.46. The van der Waals surface area contributed by atoms with Gasteiger partial charge in [0.15, 0.2) is 17.3 Å². The number of ether oxygens (including phenoxy) is 4. The Kier molecular flexibility index (Phi) is 6.46. The molecule has 0 aliphatic carbocycles. The van der Waals surface area contributed by atoms with E-state index < -0.39 is 0 Å². The molecule has 1 aromatic heterocycles. The van der Waals surface area contributed by atoms with Crippen LogP contribution in [0.1, 0.15) is 5.37 Å². The summed E-state index contributed by atoms with van der Waals surface area (Å²) in [5, 5.41) is 12.6. The van der Waals surface area contributed by atoms with Crippen molar-refractivity contribution in [3.8, 4) is 17.2 Å². The maximum Gasteiger partial charge on any atom is 0.202 e. The minimum absolute atomic E-state index is 0.0256. The normalized spacial score (nSPS) is 24.5. The fourth-order valence-electron chi connectivity index (χ4n) is 3.66. The molecule has 2 aliphatic rings. The molecule has 2 aromatic rings. The van der Waals surface area contributed by atoms with E-state index in [2.05, 4.69) is 10.3 Å². The van der Waals surface area contributed by atoms with Crippen LogP contribution in [0.2, 0.25) is 0 Å². The van der Waals surface area contributed by atoms with Gasteiger partial charge in [-0.2, -0.15) is 4.98 Å². The third-order valence-electron chi connectivity index (χ3n) is 5.03. The Morgan fingerprint density at radius 3 is 2.80 bits per heavy atom. The van der Waals surface area contributed by atoms with Crippen LogP contribution >= 0.6 is 24.0 Å². The van der Waals surface area contributed by atoms with Crippen molar-refractivity contribution in [3.63, 3.8) is 0 Å². The van der Waals surface area contributed by atoms with Crippen LogP contribution in [-0.4, -0.2) is 66.1 Å². The van der Waals surface area contributed by atoms with Gasteiger partial charge in [-0.3, -0.25) is 0 Å². The molecule has 0 bridgehead atoms. The molecule has 30 heavy (non-hydrogen) atoms. The molecule has 0 saturated carbocycles. The second-order valence-corrected chi connectivity index (χ2v) is 8.51. The quantitative estimate of drug-likeness (QED) is 0.462. The van der Waals surface area contributed by atoms with Gasteiger partial charge in [0.1, 0.15) is 35.6 Å². The van der Waals surface area contributed by atoms with Gasteiger partial charge in [-0.05, 0) is 24.4 Å². The van der Waals surface area contributed by atoms with Gasteiger partial charge in [-0.1, -0.05) is 6.07 Å². The lowest BCUT2D eigenvalue weighted by Crippen LogP contribution is -2.36. The molecule has 4 atom stereocenters. The van der Waals surface area contributed by atoms with Crippen molar-refractivity contribution in [2.45, 2.75) is 22.8 Å². The van der Waals surface area contributed by atoms with Crippen LogP contribution in [0.15, 0.2) is 24.4 Å². The molecular formula is C19H24N4O5S2. The van der Waals surface area contributed by atoms with E-state index in [1.54, 1.807) is 14.2 Å². The smallest absolute Gasteiger partial charge is 0.202 e. The van der Waals surface area contributed by atoms with Gasteiger partial charge < -0.3 is 39.7 Å². The molecular weight excluding hydrogens is 428 g/mol. The Bertz CT molecular complexity index is 972. The number of para-hydroxylation sites is 1. The summed E-state index contributed by atoms with van der Waals surface area (Å²) in [6, 6.07) is 5.53. The van der Waals surface area contributed by atoms with E-state index in [0.29, 0.717) is 46.7 Å².